The number of hydrogen-bond acceptors (Lipinski definition) is 2. The number of para-hydroxylation sites is 1. The number of benzene rings is 8. The van der Waals surface area contributed by atoms with Crippen molar-refractivity contribution in [2.45, 2.75) is 27.7 Å². The largest absolute Gasteiger partial charge is 0.310 e. The Morgan fingerprint density at radius 3 is 1.29 bits per heavy atom. The molecule has 52 heavy (non-hydrogen) atoms. The Balaban J connectivity index is 1.11. The average Bonchev–Trinajstić information content (AvgIpc) is 3.15. The Morgan fingerprint density at radius 1 is 0.327 bits per heavy atom. The van der Waals surface area contributed by atoms with Gasteiger partial charge in [-0.05, 0) is 144 Å². The van der Waals surface area contributed by atoms with Gasteiger partial charge in [-0.25, -0.2) is 0 Å². The van der Waals surface area contributed by atoms with Gasteiger partial charge in [-0.3, -0.25) is 0 Å². The molecule has 8 aromatic rings. The highest BCUT2D eigenvalue weighted by Gasteiger charge is 2.17. The summed E-state index contributed by atoms with van der Waals surface area (Å²) in [7, 11) is 0. The number of rotatable bonds is 8. The fourth-order valence-corrected chi connectivity index (χ4v) is 7.49. The molecule has 0 spiro atoms. The predicted octanol–water partition coefficient (Wildman–Crippen LogP) is 14.3. The van der Waals surface area contributed by atoms with Crippen LogP contribution >= 0.6 is 0 Å². The van der Waals surface area contributed by atoms with E-state index < -0.39 is 0 Å². The van der Waals surface area contributed by atoms with Gasteiger partial charge in [-0.1, -0.05) is 115 Å². The lowest BCUT2D eigenvalue weighted by Crippen LogP contribution is -2.11. The van der Waals surface area contributed by atoms with Gasteiger partial charge in [0.25, 0.3) is 0 Å². The highest BCUT2D eigenvalue weighted by atomic mass is 15.1. The third-order valence-corrected chi connectivity index (χ3v) is 9.70. The first-order valence-electron chi connectivity index (χ1n) is 18.0. The lowest BCUT2D eigenvalue weighted by atomic mass is 9.99. The fourth-order valence-electron chi connectivity index (χ4n) is 7.49. The molecule has 0 aromatic heterocycles. The van der Waals surface area contributed by atoms with Crippen molar-refractivity contribution in [3.8, 4) is 0 Å². The minimum atomic E-state index is 1.12. The highest BCUT2D eigenvalue weighted by Crippen LogP contribution is 2.42. The van der Waals surface area contributed by atoms with Crippen LogP contribution in [0.2, 0.25) is 0 Å². The van der Waals surface area contributed by atoms with Crippen molar-refractivity contribution in [1.29, 1.82) is 0 Å². The number of hydrogen-bond donors (Lipinski definition) is 0. The van der Waals surface area contributed by atoms with Crippen molar-refractivity contribution in [3.63, 3.8) is 0 Å². The molecule has 0 aliphatic carbocycles. The second-order valence-electron chi connectivity index (χ2n) is 13.9. The van der Waals surface area contributed by atoms with Gasteiger partial charge in [-0.2, -0.15) is 0 Å². The summed E-state index contributed by atoms with van der Waals surface area (Å²) in [5.74, 6) is 0. The summed E-state index contributed by atoms with van der Waals surface area (Å²) in [4.78, 5) is 4.74. The summed E-state index contributed by atoms with van der Waals surface area (Å²) in [5.41, 5.74) is 14.2. The molecule has 0 N–H and O–H groups in total. The summed E-state index contributed by atoms with van der Waals surface area (Å²) < 4.78 is 0. The summed E-state index contributed by atoms with van der Waals surface area (Å²) in [5, 5.41) is 4.99. The minimum absolute atomic E-state index is 1.12. The molecule has 0 radical (unpaired) electrons. The molecule has 0 unspecified atom stereocenters. The van der Waals surface area contributed by atoms with E-state index >= 15 is 0 Å². The standard InChI is InChI=1S/C50H42N2/c1-35-28-36(2)31-45(30-35)51(46-32-37(3)29-38(4)33-46)43-24-20-39(21-25-43)18-19-40-22-26-44(27-23-40)52(42-13-6-5-7-14-42)50-34-41-12-8-9-15-47(41)48-16-10-11-17-49(48)50/h5-34H,1-4H3/b19-18+. The molecular weight excluding hydrogens is 629 g/mol. The normalized spacial score (nSPS) is 11.4. The molecule has 0 saturated carbocycles. The van der Waals surface area contributed by atoms with Gasteiger partial charge in [0.15, 0.2) is 0 Å². The van der Waals surface area contributed by atoms with Gasteiger partial charge in [0.2, 0.25) is 0 Å². The van der Waals surface area contributed by atoms with Crippen LogP contribution in [0.4, 0.5) is 34.1 Å². The first-order chi connectivity index (χ1) is 25.4. The molecule has 0 heterocycles. The molecule has 8 aromatic carbocycles. The maximum absolute atomic E-state index is 2.37. The molecular formula is C50H42N2. The zero-order valence-corrected chi connectivity index (χ0v) is 30.2. The van der Waals surface area contributed by atoms with E-state index in [2.05, 4.69) is 220 Å². The van der Waals surface area contributed by atoms with Gasteiger partial charge in [0.1, 0.15) is 0 Å². The van der Waals surface area contributed by atoms with E-state index in [1.54, 1.807) is 0 Å². The molecule has 0 bridgehead atoms. The zero-order valence-electron chi connectivity index (χ0n) is 30.2. The Kier molecular flexibility index (Phi) is 8.89. The fraction of sp³-hybridized carbons (Fsp3) is 0.0800. The number of nitrogens with zero attached hydrogens (tertiary/aromatic N) is 2. The molecule has 8 rings (SSSR count). The minimum Gasteiger partial charge on any atom is -0.310 e. The van der Waals surface area contributed by atoms with Crippen molar-refractivity contribution in [2.75, 3.05) is 9.80 Å². The van der Waals surface area contributed by atoms with Gasteiger partial charge in [-0.15, -0.1) is 0 Å². The van der Waals surface area contributed by atoms with E-state index in [1.165, 1.54) is 60.9 Å². The molecule has 252 valence electrons. The van der Waals surface area contributed by atoms with Gasteiger partial charge < -0.3 is 9.80 Å². The van der Waals surface area contributed by atoms with Crippen molar-refractivity contribution in [3.05, 3.63) is 203 Å². The van der Waals surface area contributed by atoms with Crippen molar-refractivity contribution in [2.24, 2.45) is 0 Å². The van der Waals surface area contributed by atoms with Crippen LogP contribution in [-0.2, 0) is 0 Å². The maximum Gasteiger partial charge on any atom is 0.0546 e. The molecule has 2 heteroatoms. The Bertz CT molecular complexity index is 2450. The van der Waals surface area contributed by atoms with Crippen LogP contribution in [0.3, 0.4) is 0 Å². The predicted molar refractivity (Wildman–Crippen MR) is 225 cm³/mol. The second kappa shape index (κ2) is 14.1. The van der Waals surface area contributed by atoms with E-state index in [0.29, 0.717) is 0 Å². The number of anilines is 6. The molecule has 0 aliphatic rings. The second-order valence-corrected chi connectivity index (χ2v) is 13.9. The summed E-state index contributed by atoms with van der Waals surface area (Å²) in [6.07, 6.45) is 4.39. The smallest absolute Gasteiger partial charge is 0.0546 e. The molecule has 2 nitrogen and oxygen atoms in total. The van der Waals surface area contributed by atoms with Crippen LogP contribution in [0, 0.1) is 27.7 Å². The van der Waals surface area contributed by atoms with E-state index in [9.17, 15) is 0 Å². The number of fused-ring (bicyclic) bond motifs is 3. The van der Waals surface area contributed by atoms with E-state index in [0.717, 1.165) is 28.2 Å². The monoisotopic (exact) mass is 670 g/mol. The van der Waals surface area contributed by atoms with Crippen molar-refractivity contribution >= 4 is 67.8 Å². The van der Waals surface area contributed by atoms with Crippen LogP contribution in [0.5, 0.6) is 0 Å². The van der Waals surface area contributed by atoms with E-state index in [1.807, 2.05) is 0 Å². The average molecular weight is 671 g/mol. The molecule has 0 atom stereocenters. The molecule has 0 saturated heterocycles. The Labute approximate surface area is 307 Å². The van der Waals surface area contributed by atoms with Gasteiger partial charge in [0.05, 0.1) is 5.69 Å². The summed E-state index contributed by atoms with van der Waals surface area (Å²) in [6.45, 7) is 8.67. The van der Waals surface area contributed by atoms with Crippen LogP contribution < -0.4 is 9.80 Å². The first kappa shape index (κ1) is 32.8. The molecule has 0 fully saturated rings. The Morgan fingerprint density at radius 2 is 0.750 bits per heavy atom. The van der Waals surface area contributed by atoms with E-state index in [4.69, 9.17) is 0 Å². The SMILES string of the molecule is Cc1cc(C)cc(N(c2ccc(/C=C/c3ccc(N(c4ccccc4)c4cc5ccccc5c5ccccc45)cc3)cc2)c2cc(C)cc(C)c2)c1. The van der Waals surface area contributed by atoms with Crippen LogP contribution in [0.15, 0.2) is 170 Å². The first-order valence-corrected chi connectivity index (χ1v) is 18.0. The quantitative estimate of drug-likeness (QED) is 0.117. The van der Waals surface area contributed by atoms with Crippen LogP contribution in [0.25, 0.3) is 33.7 Å². The molecule has 0 amide bonds. The lowest BCUT2D eigenvalue weighted by Gasteiger charge is -2.27. The third kappa shape index (κ3) is 6.72. The van der Waals surface area contributed by atoms with Crippen LogP contribution in [0.1, 0.15) is 33.4 Å². The number of aryl methyl sites for hydroxylation is 4. The maximum atomic E-state index is 2.37. The molecule has 0 aliphatic heterocycles. The lowest BCUT2D eigenvalue weighted by molar-refractivity contribution is 1.23. The topological polar surface area (TPSA) is 6.48 Å². The van der Waals surface area contributed by atoms with E-state index in [-0.39, 0.29) is 0 Å². The third-order valence-electron chi connectivity index (χ3n) is 9.70. The van der Waals surface area contributed by atoms with Crippen molar-refractivity contribution in [1.82, 2.24) is 0 Å². The highest BCUT2D eigenvalue weighted by molar-refractivity contribution is 6.14. The summed E-state index contributed by atoms with van der Waals surface area (Å²) >= 11 is 0. The van der Waals surface area contributed by atoms with Crippen LogP contribution in [-0.4, -0.2) is 0 Å². The van der Waals surface area contributed by atoms with Gasteiger partial charge >= 0.3 is 0 Å². The van der Waals surface area contributed by atoms with Gasteiger partial charge in [0, 0.05) is 33.8 Å². The zero-order chi connectivity index (χ0) is 35.6. The Hall–Kier alpha value is -6.38. The summed E-state index contributed by atoms with van der Waals surface area (Å²) in [6, 6.07) is 61.7. The van der Waals surface area contributed by atoms with Crippen molar-refractivity contribution < 1.29 is 0 Å².